The second kappa shape index (κ2) is 4.96. The first-order chi connectivity index (χ1) is 8.51. The Morgan fingerprint density at radius 2 is 1.95 bits per heavy atom. The molecule has 6 nitrogen and oxygen atoms in total. The molecule has 1 aromatic rings. The molecule has 0 aliphatic heterocycles. The lowest BCUT2D eigenvalue weighted by molar-refractivity contribution is -0.137. The van der Waals surface area contributed by atoms with Gasteiger partial charge < -0.3 is 10.8 Å². The van der Waals surface area contributed by atoms with Crippen LogP contribution in [0.3, 0.4) is 0 Å². The second-order valence-electron chi connectivity index (χ2n) is 3.56. The molecule has 10 heteroatoms. The zero-order valence-corrected chi connectivity index (χ0v) is 10.0. The molecular formula is C9H9F3N2O4S. The van der Waals surface area contributed by atoms with E-state index in [0.29, 0.717) is 6.07 Å². The number of hydrogen-bond donors (Lipinski definition) is 3. The van der Waals surface area contributed by atoms with E-state index in [4.69, 9.17) is 10.8 Å². The zero-order valence-electron chi connectivity index (χ0n) is 9.23. The number of rotatable bonds is 4. The number of carboxylic acid groups (broad SMARTS) is 1. The van der Waals surface area contributed by atoms with E-state index < -0.39 is 39.2 Å². The van der Waals surface area contributed by atoms with Crippen LogP contribution >= 0.6 is 0 Å². The molecule has 0 bridgehead atoms. The van der Waals surface area contributed by atoms with Crippen LogP contribution in [0.4, 0.5) is 24.5 Å². The molecule has 0 saturated carbocycles. The van der Waals surface area contributed by atoms with Crippen LogP contribution in [0.5, 0.6) is 0 Å². The van der Waals surface area contributed by atoms with Gasteiger partial charge in [0.15, 0.2) is 5.75 Å². The van der Waals surface area contributed by atoms with Gasteiger partial charge in [-0.2, -0.15) is 13.2 Å². The van der Waals surface area contributed by atoms with Gasteiger partial charge in [-0.1, -0.05) is 0 Å². The third-order valence-corrected chi connectivity index (χ3v) is 3.09. The summed E-state index contributed by atoms with van der Waals surface area (Å²) in [4.78, 5) is 10.3. The fourth-order valence-corrected chi connectivity index (χ4v) is 2.16. The average molecular weight is 298 g/mol. The highest BCUT2D eigenvalue weighted by Gasteiger charge is 2.34. The van der Waals surface area contributed by atoms with Crippen LogP contribution < -0.4 is 10.5 Å². The number of nitrogen functional groups attached to an aromatic ring is 1. The van der Waals surface area contributed by atoms with E-state index in [1.54, 1.807) is 4.72 Å². The standard InChI is InChI=1S/C9H9F3N2O4S/c10-9(11,12)6-3-5(13)1-2-7(6)14-19(17,18)4-8(15)16/h1-3,14H,4,13H2,(H,15,16). The first-order valence-electron chi connectivity index (χ1n) is 4.70. The van der Waals surface area contributed by atoms with Crippen molar-refractivity contribution in [1.82, 2.24) is 0 Å². The number of nitrogens with two attached hydrogens (primary N) is 1. The molecule has 0 radical (unpaired) electrons. The summed E-state index contributed by atoms with van der Waals surface area (Å²) in [6, 6.07) is 2.43. The molecule has 0 atom stereocenters. The quantitative estimate of drug-likeness (QED) is 0.721. The Hall–Kier alpha value is -1.97. The van der Waals surface area contributed by atoms with Gasteiger partial charge in [-0.15, -0.1) is 0 Å². The smallest absolute Gasteiger partial charge is 0.418 e. The van der Waals surface area contributed by atoms with Crippen molar-refractivity contribution >= 4 is 27.4 Å². The topological polar surface area (TPSA) is 109 Å². The monoisotopic (exact) mass is 298 g/mol. The second-order valence-corrected chi connectivity index (χ2v) is 5.28. The lowest BCUT2D eigenvalue weighted by atomic mass is 10.1. The van der Waals surface area contributed by atoms with E-state index >= 15 is 0 Å². The highest BCUT2D eigenvalue weighted by molar-refractivity contribution is 7.93. The summed E-state index contributed by atoms with van der Waals surface area (Å²) in [6.45, 7) is 0. The number of benzene rings is 1. The van der Waals surface area contributed by atoms with E-state index in [1.807, 2.05) is 0 Å². The van der Waals surface area contributed by atoms with Gasteiger partial charge in [0.05, 0.1) is 11.3 Å². The molecule has 0 heterocycles. The van der Waals surface area contributed by atoms with Crippen molar-refractivity contribution < 1.29 is 31.5 Å². The maximum absolute atomic E-state index is 12.7. The number of sulfonamides is 1. The third kappa shape index (κ3) is 4.32. The number of hydrogen-bond acceptors (Lipinski definition) is 4. The van der Waals surface area contributed by atoms with Gasteiger partial charge in [0, 0.05) is 5.69 Å². The van der Waals surface area contributed by atoms with E-state index in [2.05, 4.69) is 0 Å². The molecule has 0 unspecified atom stereocenters. The molecule has 0 saturated heterocycles. The summed E-state index contributed by atoms with van der Waals surface area (Å²) in [6.07, 6.45) is -4.82. The number of halogens is 3. The first kappa shape index (κ1) is 15.1. The van der Waals surface area contributed by atoms with E-state index in [9.17, 15) is 26.4 Å². The number of aliphatic carboxylic acids is 1. The van der Waals surface area contributed by atoms with E-state index in [0.717, 1.165) is 12.1 Å². The number of nitrogens with one attached hydrogen (secondary N) is 1. The molecule has 106 valence electrons. The Bertz CT molecular complexity index is 598. The minimum absolute atomic E-state index is 0.200. The SMILES string of the molecule is Nc1ccc(NS(=O)(=O)CC(=O)O)c(C(F)(F)F)c1. The van der Waals surface area contributed by atoms with Crippen molar-refractivity contribution in [2.45, 2.75) is 6.18 Å². The van der Waals surface area contributed by atoms with Gasteiger partial charge in [0.1, 0.15) is 0 Å². The van der Waals surface area contributed by atoms with Crippen molar-refractivity contribution in [3.8, 4) is 0 Å². The largest absolute Gasteiger partial charge is 0.480 e. The summed E-state index contributed by atoms with van der Waals surface area (Å²) in [7, 11) is -4.42. The fourth-order valence-electron chi connectivity index (χ4n) is 1.25. The lowest BCUT2D eigenvalue weighted by Crippen LogP contribution is -2.24. The van der Waals surface area contributed by atoms with Crippen LogP contribution in [0.25, 0.3) is 0 Å². The lowest BCUT2D eigenvalue weighted by Gasteiger charge is -2.14. The molecule has 1 rings (SSSR count). The zero-order chi connectivity index (χ0) is 14.8. The number of anilines is 2. The molecule has 0 fully saturated rings. The Morgan fingerprint density at radius 3 is 2.42 bits per heavy atom. The maximum Gasteiger partial charge on any atom is 0.418 e. The predicted molar refractivity (Wildman–Crippen MR) is 60.9 cm³/mol. The molecule has 1 aromatic carbocycles. The van der Waals surface area contributed by atoms with Crippen LogP contribution in [0.1, 0.15) is 5.56 Å². The highest BCUT2D eigenvalue weighted by Crippen LogP contribution is 2.36. The molecular weight excluding hydrogens is 289 g/mol. The van der Waals surface area contributed by atoms with Crippen molar-refractivity contribution in [3.63, 3.8) is 0 Å². The Labute approximate surface area is 106 Å². The number of carboxylic acids is 1. The maximum atomic E-state index is 12.7. The van der Waals surface area contributed by atoms with Crippen molar-refractivity contribution in [3.05, 3.63) is 23.8 Å². The minimum Gasteiger partial charge on any atom is -0.480 e. The summed E-state index contributed by atoms with van der Waals surface area (Å²) >= 11 is 0. The molecule has 0 aliphatic carbocycles. The Balaban J connectivity index is 3.19. The van der Waals surface area contributed by atoms with E-state index in [1.165, 1.54) is 0 Å². The van der Waals surface area contributed by atoms with Crippen LogP contribution in [-0.2, 0) is 21.0 Å². The minimum atomic E-state index is -4.82. The molecule has 0 aromatic heterocycles. The van der Waals surface area contributed by atoms with Gasteiger partial charge in [-0.3, -0.25) is 9.52 Å². The van der Waals surface area contributed by atoms with Crippen LogP contribution in [0, 0.1) is 0 Å². The average Bonchev–Trinajstić information content (AvgIpc) is 2.16. The molecule has 0 amide bonds. The van der Waals surface area contributed by atoms with Gasteiger partial charge in [-0.05, 0) is 18.2 Å². The number of alkyl halides is 3. The summed E-state index contributed by atoms with van der Waals surface area (Å²) in [5.41, 5.74) is 2.93. The third-order valence-electron chi connectivity index (χ3n) is 1.93. The molecule has 0 aliphatic rings. The summed E-state index contributed by atoms with van der Waals surface area (Å²) in [5.74, 6) is -3.02. The van der Waals surface area contributed by atoms with Gasteiger partial charge in [-0.25, -0.2) is 8.42 Å². The van der Waals surface area contributed by atoms with Crippen molar-refractivity contribution in [2.24, 2.45) is 0 Å². The fraction of sp³-hybridized carbons (Fsp3) is 0.222. The van der Waals surface area contributed by atoms with Gasteiger partial charge in [0.2, 0.25) is 10.0 Å². The highest BCUT2D eigenvalue weighted by atomic mass is 32.2. The molecule has 0 spiro atoms. The van der Waals surface area contributed by atoms with Crippen LogP contribution in [0.15, 0.2) is 18.2 Å². The van der Waals surface area contributed by atoms with E-state index in [-0.39, 0.29) is 5.69 Å². The summed E-state index contributed by atoms with van der Waals surface area (Å²) in [5, 5.41) is 8.34. The van der Waals surface area contributed by atoms with Crippen LogP contribution in [0.2, 0.25) is 0 Å². The molecule has 4 N–H and O–H groups in total. The number of carbonyl (C=O) groups is 1. The van der Waals surface area contributed by atoms with Gasteiger partial charge >= 0.3 is 12.1 Å². The van der Waals surface area contributed by atoms with Gasteiger partial charge in [0.25, 0.3) is 0 Å². The van der Waals surface area contributed by atoms with Crippen molar-refractivity contribution in [1.29, 1.82) is 0 Å². The predicted octanol–water partition coefficient (Wildman–Crippen LogP) is 1.11. The summed E-state index contributed by atoms with van der Waals surface area (Å²) < 4.78 is 62.1. The first-order valence-corrected chi connectivity index (χ1v) is 6.35. The molecule has 19 heavy (non-hydrogen) atoms. The normalized spacial score (nSPS) is 12.2. The van der Waals surface area contributed by atoms with Crippen LogP contribution in [-0.4, -0.2) is 25.2 Å². The van der Waals surface area contributed by atoms with Crippen molar-refractivity contribution in [2.75, 3.05) is 16.2 Å². The Morgan fingerprint density at radius 1 is 1.37 bits per heavy atom. The Kier molecular flexibility index (Phi) is 3.94.